The van der Waals surface area contributed by atoms with E-state index in [0.29, 0.717) is 12.8 Å². The Labute approximate surface area is 214 Å². The number of allylic oxidation sites excluding steroid dienone is 1. The normalized spacial score (nSPS) is 22.9. The molecule has 3 N–H and O–H groups in total. The monoisotopic (exact) mass is 533 g/mol. The smallest absolute Gasteiger partial charge is 0.352 e. The van der Waals surface area contributed by atoms with Crippen molar-refractivity contribution in [2.45, 2.75) is 42.7 Å². The first-order valence-electron chi connectivity index (χ1n) is 11.2. The molecule has 3 aliphatic rings. The largest absolute Gasteiger partial charge is 0.478 e. The number of hydrogen-bond donors (Lipinski definition) is 3. The summed E-state index contributed by atoms with van der Waals surface area (Å²) >= 11 is 1.20. The van der Waals surface area contributed by atoms with Crippen LogP contribution in [0.4, 0.5) is 0 Å². The van der Waals surface area contributed by atoms with Gasteiger partial charge in [0.25, 0.3) is 11.8 Å². The first-order valence-corrected chi connectivity index (χ1v) is 12.2. The highest BCUT2D eigenvalue weighted by Gasteiger charge is 2.54. The molecule has 196 valence electrons. The van der Waals surface area contributed by atoms with Crippen molar-refractivity contribution in [3.8, 4) is 0 Å². The van der Waals surface area contributed by atoms with Gasteiger partial charge in [-0.1, -0.05) is 5.16 Å². The maximum Gasteiger partial charge on any atom is 0.352 e. The number of amides is 2. The molecule has 1 saturated heterocycles. The average Bonchev–Trinajstić information content (AvgIpc) is 3.58. The van der Waals surface area contributed by atoms with E-state index in [2.05, 4.69) is 15.2 Å². The van der Waals surface area contributed by atoms with Crippen molar-refractivity contribution in [3.05, 3.63) is 47.6 Å². The Balaban J connectivity index is 1.54. The molecule has 1 aromatic rings. The van der Waals surface area contributed by atoms with Crippen LogP contribution >= 0.6 is 11.8 Å². The lowest BCUT2D eigenvalue weighted by Gasteiger charge is -2.49. The number of aliphatic carboxylic acids is 2. The number of furan rings is 1. The minimum atomic E-state index is -1.56. The zero-order valence-electron chi connectivity index (χ0n) is 19.5. The Kier molecular flexibility index (Phi) is 7.38. The number of carboxylic acids is 2. The van der Waals surface area contributed by atoms with Gasteiger partial charge in [-0.05, 0) is 36.6 Å². The van der Waals surface area contributed by atoms with Crippen LogP contribution < -0.4 is 5.32 Å². The Morgan fingerprint density at radius 1 is 1.27 bits per heavy atom. The van der Waals surface area contributed by atoms with E-state index in [9.17, 15) is 34.2 Å². The number of β-lactam (4-membered cyclic amide) rings is 1. The molecule has 2 aliphatic heterocycles. The number of esters is 1. The topological polar surface area (TPSA) is 185 Å². The van der Waals surface area contributed by atoms with Gasteiger partial charge in [-0.15, -0.1) is 11.8 Å². The number of carbonyl (C=O) groups excluding carboxylic acids is 3. The van der Waals surface area contributed by atoms with Crippen LogP contribution in [-0.4, -0.2) is 80.4 Å². The predicted molar refractivity (Wildman–Crippen MR) is 126 cm³/mol. The van der Waals surface area contributed by atoms with Gasteiger partial charge in [0, 0.05) is 24.7 Å². The van der Waals surface area contributed by atoms with Crippen molar-refractivity contribution in [1.82, 2.24) is 10.2 Å². The maximum atomic E-state index is 13.1. The molecule has 2 atom stereocenters. The summed E-state index contributed by atoms with van der Waals surface area (Å²) in [6, 6.07) is 1.85. The molecule has 0 radical (unpaired) electrons. The summed E-state index contributed by atoms with van der Waals surface area (Å²) in [6.45, 7) is 0. The molecule has 2 amide bonds. The van der Waals surface area contributed by atoms with Crippen molar-refractivity contribution >= 4 is 47.2 Å². The van der Waals surface area contributed by atoms with E-state index in [-0.39, 0.29) is 41.3 Å². The molecule has 0 spiro atoms. The summed E-state index contributed by atoms with van der Waals surface area (Å²) in [5.41, 5.74) is -1.98. The van der Waals surface area contributed by atoms with Crippen molar-refractivity contribution in [1.29, 1.82) is 0 Å². The molecule has 3 heterocycles. The van der Waals surface area contributed by atoms with Crippen LogP contribution in [0.15, 0.2) is 51.4 Å². The molecule has 0 unspecified atom stereocenters. The second kappa shape index (κ2) is 10.5. The SMILES string of the molecule is COC(=O)/C=C/C1=C(C(=O)O)N2C(=O)[C@@H](NC(=O)C(=NOC3(C(=O)O)CCCC3)c3ccco3)[C@H]2SC1. The fraction of sp³-hybridized carbons (Fsp3) is 0.391. The molecular weight excluding hydrogens is 510 g/mol. The van der Waals surface area contributed by atoms with Crippen molar-refractivity contribution in [2.24, 2.45) is 5.16 Å². The third kappa shape index (κ3) is 4.96. The minimum absolute atomic E-state index is 0.00249. The lowest BCUT2D eigenvalue weighted by atomic mass is 10.0. The number of fused-ring (bicyclic) bond motifs is 1. The number of thioether (sulfide) groups is 1. The quantitative estimate of drug-likeness (QED) is 0.134. The minimum Gasteiger partial charge on any atom is -0.478 e. The molecule has 2 fully saturated rings. The fourth-order valence-electron chi connectivity index (χ4n) is 4.25. The van der Waals surface area contributed by atoms with Gasteiger partial charge >= 0.3 is 17.9 Å². The van der Waals surface area contributed by atoms with E-state index in [1.165, 1.54) is 43.3 Å². The summed E-state index contributed by atoms with van der Waals surface area (Å²) < 4.78 is 9.77. The Morgan fingerprint density at radius 2 is 2.00 bits per heavy atom. The number of carbonyl (C=O) groups is 5. The van der Waals surface area contributed by atoms with Gasteiger partial charge in [0.1, 0.15) is 17.1 Å². The standard InChI is InChI=1S/C23H23N3O10S/c1-34-14(27)7-6-12-11-37-20-16(19(29)26(20)17(12)21(30)31)24-18(28)15(13-5-4-10-35-13)25-36-23(22(32)33)8-2-3-9-23/h4-7,10,16,20H,2-3,8-9,11H2,1H3,(H,24,28)(H,30,31)(H,32,33)/b7-6+,25-15?/t16-,20-/m1/s1. The van der Waals surface area contributed by atoms with Gasteiger partial charge in [0.15, 0.2) is 5.76 Å². The summed E-state index contributed by atoms with van der Waals surface area (Å²) in [4.78, 5) is 67.6. The molecule has 1 aliphatic carbocycles. The zero-order chi connectivity index (χ0) is 26.7. The number of hydrogen-bond acceptors (Lipinski definition) is 10. The van der Waals surface area contributed by atoms with Gasteiger partial charge < -0.3 is 29.5 Å². The summed E-state index contributed by atoms with van der Waals surface area (Å²) in [5, 5.41) is 25.0. The van der Waals surface area contributed by atoms with Crippen LogP contribution in [0.25, 0.3) is 0 Å². The zero-order valence-corrected chi connectivity index (χ0v) is 20.4. The summed E-state index contributed by atoms with van der Waals surface area (Å²) in [5.74, 6) is -4.62. The number of carboxylic acid groups (broad SMARTS) is 2. The number of rotatable bonds is 9. The van der Waals surface area contributed by atoms with Gasteiger partial charge in [0.05, 0.1) is 13.4 Å². The first kappa shape index (κ1) is 26.0. The number of methoxy groups -OCH3 is 1. The highest BCUT2D eigenvalue weighted by Crippen LogP contribution is 2.41. The van der Waals surface area contributed by atoms with Crippen molar-refractivity contribution in [2.75, 3.05) is 12.9 Å². The lowest BCUT2D eigenvalue weighted by molar-refractivity contribution is -0.165. The van der Waals surface area contributed by atoms with E-state index >= 15 is 0 Å². The van der Waals surface area contributed by atoms with E-state index in [1.807, 2.05) is 0 Å². The van der Waals surface area contributed by atoms with Crippen LogP contribution in [0.3, 0.4) is 0 Å². The second-order valence-corrected chi connectivity index (χ2v) is 9.52. The third-order valence-electron chi connectivity index (χ3n) is 6.19. The molecule has 0 bridgehead atoms. The molecule has 14 heteroatoms. The lowest BCUT2D eigenvalue weighted by Crippen LogP contribution is -2.71. The van der Waals surface area contributed by atoms with Crippen molar-refractivity contribution in [3.63, 3.8) is 0 Å². The average molecular weight is 534 g/mol. The Hall–Kier alpha value is -4.07. The van der Waals surface area contributed by atoms with Gasteiger partial charge in [-0.3, -0.25) is 14.5 Å². The predicted octanol–water partition coefficient (Wildman–Crippen LogP) is 0.866. The molecule has 1 aromatic heterocycles. The highest BCUT2D eigenvalue weighted by atomic mass is 32.2. The van der Waals surface area contributed by atoms with Crippen molar-refractivity contribution < 1.29 is 48.2 Å². The summed E-state index contributed by atoms with van der Waals surface area (Å²) in [6.07, 6.45) is 5.34. The van der Waals surface area contributed by atoms with Crippen LogP contribution in [0.2, 0.25) is 0 Å². The van der Waals surface area contributed by atoms with Crippen LogP contribution in [-0.2, 0) is 33.5 Å². The molecule has 1 saturated carbocycles. The number of oxime groups is 1. The van der Waals surface area contributed by atoms with Crippen LogP contribution in [0, 0.1) is 0 Å². The Morgan fingerprint density at radius 3 is 2.59 bits per heavy atom. The Bertz CT molecular complexity index is 1210. The van der Waals surface area contributed by atoms with E-state index in [0.717, 1.165) is 11.0 Å². The molecule has 13 nitrogen and oxygen atoms in total. The van der Waals surface area contributed by atoms with E-state index in [1.54, 1.807) is 0 Å². The number of ether oxygens (including phenoxy) is 1. The van der Waals surface area contributed by atoms with Gasteiger partial charge in [-0.25, -0.2) is 14.4 Å². The highest BCUT2D eigenvalue weighted by molar-refractivity contribution is 8.00. The molecular formula is C23H23N3O10S. The molecule has 4 rings (SSSR count). The molecule has 0 aromatic carbocycles. The van der Waals surface area contributed by atoms with Gasteiger partial charge in [0.2, 0.25) is 11.3 Å². The van der Waals surface area contributed by atoms with E-state index < -0.39 is 46.7 Å². The first-order chi connectivity index (χ1) is 17.7. The fourth-order valence-corrected chi connectivity index (χ4v) is 5.57. The second-order valence-electron chi connectivity index (χ2n) is 8.41. The summed E-state index contributed by atoms with van der Waals surface area (Å²) in [7, 11) is 1.18. The van der Waals surface area contributed by atoms with Crippen LogP contribution in [0.1, 0.15) is 31.4 Å². The number of nitrogens with one attached hydrogen (secondary N) is 1. The third-order valence-corrected chi connectivity index (χ3v) is 7.49. The maximum absolute atomic E-state index is 13.1. The van der Waals surface area contributed by atoms with Gasteiger partial charge in [-0.2, -0.15) is 0 Å². The van der Waals surface area contributed by atoms with E-state index in [4.69, 9.17) is 9.25 Å². The number of nitrogens with zero attached hydrogens (tertiary/aromatic N) is 2. The van der Waals surface area contributed by atoms with Crippen LogP contribution in [0.5, 0.6) is 0 Å². The molecule has 37 heavy (non-hydrogen) atoms.